The van der Waals surface area contributed by atoms with Crippen LogP contribution in [0.4, 0.5) is 4.79 Å². The first-order valence-corrected chi connectivity index (χ1v) is 11.3. The van der Waals surface area contributed by atoms with Gasteiger partial charge in [0.15, 0.2) is 5.96 Å². The number of nitrogens with zero attached hydrogens (tertiary/aromatic N) is 2. The maximum absolute atomic E-state index is 11.8. The fourth-order valence-corrected chi connectivity index (χ4v) is 3.33. The summed E-state index contributed by atoms with van der Waals surface area (Å²) in [6.45, 7) is 13.1. The molecule has 1 aromatic carbocycles. The Labute approximate surface area is 215 Å². The van der Waals surface area contributed by atoms with Crippen molar-refractivity contribution in [2.24, 2.45) is 4.99 Å². The Morgan fingerprint density at radius 2 is 1.76 bits per heavy atom. The second-order valence-electron chi connectivity index (χ2n) is 8.51. The first kappa shape index (κ1) is 29.2. The summed E-state index contributed by atoms with van der Waals surface area (Å²) in [5.41, 5.74) is 0.683. The predicted octanol–water partition coefficient (Wildman–Crippen LogP) is 2.77. The molecule has 2 rings (SSSR count). The van der Waals surface area contributed by atoms with E-state index in [4.69, 9.17) is 19.2 Å². The van der Waals surface area contributed by atoms with Crippen LogP contribution in [0.2, 0.25) is 0 Å². The third-order valence-electron chi connectivity index (χ3n) is 4.84. The van der Waals surface area contributed by atoms with E-state index in [9.17, 15) is 4.79 Å². The largest absolute Gasteiger partial charge is 0.497 e. The van der Waals surface area contributed by atoms with Crippen molar-refractivity contribution in [1.29, 1.82) is 0 Å². The Bertz CT molecular complexity index is 719. The smallest absolute Gasteiger partial charge is 0.407 e. The van der Waals surface area contributed by atoms with Crippen LogP contribution in [0.5, 0.6) is 5.75 Å². The molecule has 188 valence electrons. The van der Waals surface area contributed by atoms with E-state index in [0.717, 1.165) is 38.6 Å². The van der Waals surface area contributed by atoms with Gasteiger partial charge >= 0.3 is 6.09 Å². The lowest BCUT2D eigenvalue weighted by molar-refractivity contribution is 0.0179. The lowest BCUT2D eigenvalue weighted by Gasteiger charge is -2.34. The van der Waals surface area contributed by atoms with Gasteiger partial charge in [0.25, 0.3) is 0 Å². The molecule has 1 fully saturated rings. The number of carbonyl (C=O) groups excluding carboxylic acids is 1. The average molecular weight is 578 g/mol. The maximum atomic E-state index is 11.8. The predicted molar refractivity (Wildman–Crippen MR) is 142 cm³/mol. The molecule has 1 aromatic rings. The second kappa shape index (κ2) is 15.2. The van der Waals surface area contributed by atoms with Crippen LogP contribution in [-0.2, 0) is 9.47 Å². The molecule has 0 saturated carbocycles. The highest BCUT2D eigenvalue weighted by Gasteiger charge is 2.23. The Morgan fingerprint density at radius 1 is 1.12 bits per heavy atom. The van der Waals surface area contributed by atoms with Gasteiger partial charge in [-0.2, -0.15) is 0 Å². The summed E-state index contributed by atoms with van der Waals surface area (Å²) in [4.78, 5) is 19.0. The van der Waals surface area contributed by atoms with Crippen LogP contribution in [0.1, 0.15) is 39.3 Å². The highest BCUT2D eigenvalue weighted by molar-refractivity contribution is 14.0. The molecule has 0 bridgehead atoms. The number of alkyl carbamates (subject to hydrolysis) is 1. The zero-order chi connectivity index (χ0) is 23.4. The normalized spacial score (nSPS) is 15.7. The number of ether oxygens (including phenoxy) is 3. The topological polar surface area (TPSA) is 96.5 Å². The van der Waals surface area contributed by atoms with Gasteiger partial charge in [0, 0.05) is 32.7 Å². The molecule has 10 heteroatoms. The molecule has 1 aliphatic rings. The fourth-order valence-electron chi connectivity index (χ4n) is 3.33. The molecule has 0 spiro atoms. The van der Waals surface area contributed by atoms with E-state index in [1.165, 1.54) is 5.56 Å². The van der Waals surface area contributed by atoms with Gasteiger partial charge in [-0.05, 0) is 45.4 Å². The van der Waals surface area contributed by atoms with Crippen molar-refractivity contribution in [3.8, 4) is 5.75 Å². The lowest BCUT2D eigenvalue weighted by atomic mass is 10.0. The zero-order valence-electron chi connectivity index (χ0n) is 20.5. The number of halogens is 1. The van der Waals surface area contributed by atoms with Gasteiger partial charge in [0.05, 0.1) is 32.9 Å². The number of hydrogen-bond acceptors (Lipinski definition) is 6. The Morgan fingerprint density at radius 3 is 2.33 bits per heavy atom. The summed E-state index contributed by atoms with van der Waals surface area (Å²) in [5.74, 6) is 1.55. The number of carbonyl (C=O) groups is 1. The number of benzene rings is 1. The number of hydrogen-bond donors (Lipinski definition) is 3. The summed E-state index contributed by atoms with van der Waals surface area (Å²) >= 11 is 0. The van der Waals surface area contributed by atoms with Crippen LogP contribution >= 0.6 is 24.0 Å². The van der Waals surface area contributed by atoms with Crippen molar-refractivity contribution in [3.05, 3.63) is 29.8 Å². The number of morpholine rings is 1. The third kappa shape index (κ3) is 11.3. The third-order valence-corrected chi connectivity index (χ3v) is 4.84. The molecule has 1 unspecified atom stereocenters. The van der Waals surface area contributed by atoms with Crippen LogP contribution in [0, 0.1) is 0 Å². The number of guanidine groups is 1. The minimum absolute atomic E-state index is 0. The SMILES string of the molecule is CCNC(=NCC(c1ccc(OC)cc1)N1CCOCC1)NCCNC(=O)OC(C)(C)C.I. The molecule has 9 nitrogen and oxygen atoms in total. The van der Waals surface area contributed by atoms with Crippen molar-refractivity contribution in [3.63, 3.8) is 0 Å². The van der Waals surface area contributed by atoms with Gasteiger partial charge < -0.3 is 30.2 Å². The summed E-state index contributed by atoms with van der Waals surface area (Å²) in [6, 6.07) is 8.30. The van der Waals surface area contributed by atoms with Crippen molar-refractivity contribution >= 4 is 36.0 Å². The van der Waals surface area contributed by atoms with Crippen LogP contribution in [-0.4, -0.2) is 82.1 Å². The van der Waals surface area contributed by atoms with Crippen LogP contribution in [0.3, 0.4) is 0 Å². The van der Waals surface area contributed by atoms with E-state index >= 15 is 0 Å². The van der Waals surface area contributed by atoms with E-state index in [0.29, 0.717) is 25.6 Å². The number of nitrogens with one attached hydrogen (secondary N) is 3. The Balaban J connectivity index is 0.00000544. The fraction of sp³-hybridized carbons (Fsp3) is 0.652. The summed E-state index contributed by atoms with van der Waals surface area (Å²) in [5, 5.41) is 9.29. The number of amides is 1. The number of methoxy groups -OCH3 is 1. The van der Waals surface area contributed by atoms with Gasteiger partial charge in [-0.3, -0.25) is 9.89 Å². The summed E-state index contributed by atoms with van der Waals surface area (Å²) in [6.07, 6.45) is -0.423. The quantitative estimate of drug-likeness (QED) is 0.180. The highest BCUT2D eigenvalue weighted by Crippen LogP contribution is 2.24. The lowest BCUT2D eigenvalue weighted by Crippen LogP contribution is -2.43. The molecule has 1 heterocycles. The molecule has 0 radical (unpaired) electrons. The van der Waals surface area contributed by atoms with Crippen molar-refractivity contribution in [1.82, 2.24) is 20.9 Å². The molecule has 1 saturated heterocycles. The minimum atomic E-state index is -0.510. The van der Waals surface area contributed by atoms with E-state index in [1.807, 2.05) is 39.8 Å². The summed E-state index contributed by atoms with van der Waals surface area (Å²) < 4.78 is 16.1. The highest BCUT2D eigenvalue weighted by atomic mass is 127. The van der Waals surface area contributed by atoms with Crippen molar-refractivity contribution in [2.45, 2.75) is 39.3 Å². The van der Waals surface area contributed by atoms with E-state index in [-0.39, 0.29) is 30.0 Å². The van der Waals surface area contributed by atoms with Crippen molar-refractivity contribution < 1.29 is 19.0 Å². The molecule has 1 amide bonds. The molecular formula is C23H40IN5O4. The number of rotatable bonds is 9. The monoisotopic (exact) mass is 577 g/mol. The van der Waals surface area contributed by atoms with E-state index in [2.05, 4.69) is 33.0 Å². The number of aliphatic imine (C=N–C) groups is 1. The molecule has 33 heavy (non-hydrogen) atoms. The Kier molecular flexibility index (Phi) is 13.4. The summed E-state index contributed by atoms with van der Waals surface area (Å²) in [7, 11) is 1.67. The zero-order valence-corrected chi connectivity index (χ0v) is 22.8. The van der Waals surface area contributed by atoms with E-state index in [1.54, 1.807) is 7.11 Å². The molecule has 0 aliphatic carbocycles. The van der Waals surface area contributed by atoms with Crippen LogP contribution in [0.15, 0.2) is 29.3 Å². The second-order valence-corrected chi connectivity index (χ2v) is 8.51. The van der Waals surface area contributed by atoms with E-state index < -0.39 is 11.7 Å². The first-order chi connectivity index (χ1) is 15.3. The molecule has 0 aromatic heterocycles. The van der Waals surface area contributed by atoms with Gasteiger partial charge in [-0.25, -0.2) is 4.79 Å². The standard InChI is InChI=1S/C23H39N5O4.HI/c1-6-24-21(25-11-12-26-22(29)32-23(2,3)4)27-17-20(28-13-15-31-16-14-28)18-7-9-19(30-5)10-8-18;/h7-10,20H,6,11-17H2,1-5H3,(H,26,29)(H2,24,25,27);1H. The van der Waals surface area contributed by atoms with Crippen LogP contribution < -0.4 is 20.7 Å². The molecular weight excluding hydrogens is 537 g/mol. The first-order valence-electron chi connectivity index (χ1n) is 11.3. The molecule has 1 atom stereocenters. The maximum Gasteiger partial charge on any atom is 0.407 e. The Hall–Kier alpha value is -1.79. The molecule has 3 N–H and O–H groups in total. The molecule has 1 aliphatic heterocycles. The van der Waals surface area contributed by atoms with Gasteiger partial charge in [0.2, 0.25) is 0 Å². The van der Waals surface area contributed by atoms with Crippen molar-refractivity contribution in [2.75, 3.05) is 59.6 Å². The van der Waals surface area contributed by atoms with Gasteiger partial charge in [-0.15, -0.1) is 24.0 Å². The van der Waals surface area contributed by atoms with Gasteiger partial charge in [0.1, 0.15) is 11.4 Å². The van der Waals surface area contributed by atoms with Crippen LogP contribution in [0.25, 0.3) is 0 Å². The average Bonchev–Trinajstić information content (AvgIpc) is 2.76. The van der Waals surface area contributed by atoms with Gasteiger partial charge in [-0.1, -0.05) is 12.1 Å². The minimum Gasteiger partial charge on any atom is -0.497 e.